The number of hydrogen-bond donors (Lipinski definition) is 1. The zero-order valence-electron chi connectivity index (χ0n) is 10.6. The van der Waals surface area contributed by atoms with E-state index < -0.39 is 5.97 Å². The molecule has 2 heterocycles. The minimum atomic E-state index is -1.17. The summed E-state index contributed by atoms with van der Waals surface area (Å²) in [6.45, 7) is 0.0897. The Morgan fingerprint density at radius 2 is 2.19 bits per heavy atom. The number of benzene rings is 1. The zero-order chi connectivity index (χ0) is 15.0. The average Bonchev–Trinajstić information content (AvgIpc) is 2.91. The monoisotopic (exact) mass is 348 g/mol. The van der Waals surface area contributed by atoms with Gasteiger partial charge in [-0.05, 0) is 24.3 Å². The SMILES string of the molecule is O=C(O)c1occc1Cn1cnc2ccc(Br)cc2c1=O. The second-order valence-corrected chi connectivity index (χ2v) is 5.33. The van der Waals surface area contributed by atoms with E-state index >= 15 is 0 Å². The van der Waals surface area contributed by atoms with Crippen molar-refractivity contribution in [1.82, 2.24) is 9.55 Å². The number of aromatic nitrogens is 2. The summed E-state index contributed by atoms with van der Waals surface area (Å²) in [6.07, 6.45) is 2.69. The van der Waals surface area contributed by atoms with Crippen LogP contribution in [0.15, 0.2) is 50.5 Å². The third-order valence-corrected chi connectivity index (χ3v) is 3.56. The predicted molar refractivity (Wildman–Crippen MR) is 78.5 cm³/mol. The molecule has 3 rings (SSSR count). The Hall–Kier alpha value is -2.41. The second-order valence-electron chi connectivity index (χ2n) is 4.42. The van der Waals surface area contributed by atoms with E-state index in [1.807, 2.05) is 0 Å². The molecule has 0 aliphatic carbocycles. The Balaban J connectivity index is 2.09. The summed E-state index contributed by atoms with van der Waals surface area (Å²) >= 11 is 3.31. The van der Waals surface area contributed by atoms with Crippen molar-refractivity contribution in [2.24, 2.45) is 0 Å². The highest BCUT2D eigenvalue weighted by molar-refractivity contribution is 9.10. The third-order valence-electron chi connectivity index (χ3n) is 3.07. The Kier molecular flexibility index (Phi) is 3.34. The fourth-order valence-corrected chi connectivity index (χ4v) is 2.44. The predicted octanol–water partition coefficient (Wildman–Crippen LogP) is 2.50. The molecule has 0 bridgehead atoms. The standard InChI is InChI=1S/C14H9BrN2O4/c15-9-1-2-11-10(5-9)13(18)17(7-16-11)6-8-3-4-21-12(8)14(19)20/h1-5,7H,6H2,(H,19,20). The lowest BCUT2D eigenvalue weighted by atomic mass is 10.2. The first-order valence-electron chi connectivity index (χ1n) is 6.00. The number of hydrogen-bond acceptors (Lipinski definition) is 4. The molecule has 21 heavy (non-hydrogen) atoms. The first kappa shape index (κ1) is 13.6. The number of fused-ring (bicyclic) bond motifs is 1. The average molecular weight is 349 g/mol. The minimum Gasteiger partial charge on any atom is -0.475 e. The summed E-state index contributed by atoms with van der Waals surface area (Å²) in [5.74, 6) is -1.34. The minimum absolute atomic E-state index is 0.0897. The van der Waals surface area contributed by atoms with Crippen LogP contribution in [0.1, 0.15) is 16.1 Å². The summed E-state index contributed by atoms with van der Waals surface area (Å²) in [5, 5.41) is 9.47. The maximum absolute atomic E-state index is 12.4. The van der Waals surface area contributed by atoms with Gasteiger partial charge in [0.25, 0.3) is 5.56 Å². The molecule has 0 saturated carbocycles. The van der Waals surface area contributed by atoms with Crippen molar-refractivity contribution < 1.29 is 14.3 Å². The van der Waals surface area contributed by atoms with Crippen LogP contribution in [0.25, 0.3) is 10.9 Å². The number of carboxylic acids is 1. The van der Waals surface area contributed by atoms with Crippen LogP contribution in [0, 0.1) is 0 Å². The van der Waals surface area contributed by atoms with Gasteiger partial charge in [-0.1, -0.05) is 15.9 Å². The molecular formula is C14H9BrN2O4. The topological polar surface area (TPSA) is 85.3 Å². The lowest BCUT2D eigenvalue weighted by Gasteiger charge is -2.06. The Morgan fingerprint density at radius 1 is 1.38 bits per heavy atom. The van der Waals surface area contributed by atoms with E-state index in [0.717, 1.165) is 4.47 Å². The van der Waals surface area contributed by atoms with Crippen molar-refractivity contribution >= 4 is 32.8 Å². The molecule has 0 amide bonds. The molecular weight excluding hydrogens is 340 g/mol. The Labute approximate surface area is 126 Å². The molecule has 2 aromatic heterocycles. The van der Waals surface area contributed by atoms with Crippen LogP contribution in [0.2, 0.25) is 0 Å². The van der Waals surface area contributed by atoms with Crippen LogP contribution in [-0.2, 0) is 6.54 Å². The van der Waals surface area contributed by atoms with Crippen molar-refractivity contribution in [3.8, 4) is 0 Å². The first-order valence-corrected chi connectivity index (χ1v) is 6.80. The van der Waals surface area contributed by atoms with Crippen LogP contribution in [0.3, 0.4) is 0 Å². The number of carboxylic acid groups (broad SMARTS) is 1. The molecule has 0 spiro atoms. The van der Waals surface area contributed by atoms with Crippen molar-refractivity contribution in [3.63, 3.8) is 0 Å². The van der Waals surface area contributed by atoms with Crippen molar-refractivity contribution in [2.75, 3.05) is 0 Å². The molecule has 0 aliphatic rings. The fourth-order valence-electron chi connectivity index (χ4n) is 2.08. The highest BCUT2D eigenvalue weighted by Gasteiger charge is 2.15. The fraction of sp³-hybridized carbons (Fsp3) is 0.0714. The van der Waals surface area contributed by atoms with Gasteiger partial charge in [0, 0.05) is 10.0 Å². The van der Waals surface area contributed by atoms with Crippen LogP contribution >= 0.6 is 15.9 Å². The summed E-state index contributed by atoms with van der Waals surface area (Å²) in [5.41, 5.74) is 0.768. The van der Waals surface area contributed by atoms with Gasteiger partial charge >= 0.3 is 5.97 Å². The van der Waals surface area contributed by atoms with Crippen molar-refractivity contribution in [2.45, 2.75) is 6.54 Å². The molecule has 6 nitrogen and oxygen atoms in total. The Morgan fingerprint density at radius 3 is 2.95 bits per heavy atom. The molecule has 0 aliphatic heterocycles. The van der Waals surface area contributed by atoms with Gasteiger partial charge in [0.1, 0.15) is 0 Å². The molecule has 0 atom stereocenters. The molecule has 0 fully saturated rings. The van der Waals surface area contributed by atoms with Gasteiger partial charge in [-0.15, -0.1) is 0 Å². The summed E-state index contributed by atoms with van der Waals surface area (Å²) in [6, 6.07) is 6.76. The second kappa shape index (κ2) is 5.17. The molecule has 106 valence electrons. The number of halogens is 1. The smallest absolute Gasteiger partial charge is 0.372 e. The van der Waals surface area contributed by atoms with Crippen LogP contribution < -0.4 is 5.56 Å². The van der Waals surface area contributed by atoms with E-state index in [1.165, 1.54) is 23.2 Å². The lowest BCUT2D eigenvalue weighted by molar-refractivity contribution is 0.0660. The quantitative estimate of drug-likeness (QED) is 0.785. The van der Waals surface area contributed by atoms with E-state index in [2.05, 4.69) is 20.9 Å². The molecule has 1 aromatic carbocycles. The van der Waals surface area contributed by atoms with Crippen LogP contribution in [0.5, 0.6) is 0 Å². The lowest BCUT2D eigenvalue weighted by Crippen LogP contribution is -2.21. The molecule has 0 unspecified atom stereocenters. The number of carbonyl (C=O) groups is 1. The zero-order valence-corrected chi connectivity index (χ0v) is 12.2. The van der Waals surface area contributed by atoms with E-state index in [-0.39, 0.29) is 17.9 Å². The molecule has 7 heteroatoms. The van der Waals surface area contributed by atoms with Gasteiger partial charge in [0.15, 0.2) is 0 Å². The molecule has 1 N–H and O–H groups in total. The highest BCUT2D eigenvalue weighted by Crippen LogP contribution is 2.16. The van der Waals surface area contributed by atoms with E-state index in [0.29, 0.717) is 16.5 Å². The van der Waals surface area contributed by atoms with Crippen LogP contribution in [-0.4, -0.2) is 20.6 Å². The summed E-state index contributed by atoms with van der Waals surface area (Å²) in [7, 11) is 0. The number of rotatable bonds is 3. The normalized spacial score (nSPS) is 10.9. The van der Waals surface area contributed by atoms with E-state index in [1.54, 1.807) is 18.2 Å². The largest absolute Gasteiger partial charge is 0.475 e. The van der Waals surface area contributed by atoms with E-state index in [9.17, 15) is 9.59 Å². The van der Waals surface area contributed by atoms with Gasteiger partial charge in [0.2, 0.25) is 5.76 Å². The van der Waals surface area contributed by atoms with Crippen molar-refractivity contribution in [3.05, 3.63) is 63.0 Å². The van der Waals surface area contributed by atoms with Gasteiger partial charge in [-0.25, -0.2) is 9.78 Å². The summed E-state index contributed by atoms with van der Waals surface area (Å²) in [4.78, 5) is 27.6. The van der Waals surface area contributed by atoms with Gasteiger partial charge in [-0.2, -0.15) is 0 Å². The van der Waals surface area contributed by atoms with Crippen molar-refractivity contribution in [1.29, 1.82) is 0 Å². The third kappa shape index (κ3) is 2.47. The molecule has 0 saturated heterocycles. The van der Waals surface area contributed by atoms with Gasteiger partial charge < -0.3 is 9.52 Å². The van der Waals surface area contributed by atoms with Gasteiger partial charge in [-0.3, -0.25) is 9.36 Å². The number of nitrogens with zero attached hydrogens (tertiary/aromatic N) is 2. The van der Waals surface area contributed by atoms with Crippen LogP contribution in [0.4, 0.5) is 0 Å². The summed E-state index contributed by atoms with van der Waals surface area (Å²) < 4.78 is 7.03. The van der Waals surface area contributed by atoms with Gasteiger partial charge in [0.05, 0.1) is 30.0 Å². The molecule has 0 radical (unpaired) electrons. The molecule has 3 aromatic rings. The highest BCUT2D eigenvalue weighted by atomic mass is 79.9. The maximum atomic E-state index is 12.4. The number of aromatic carboxylic acids is 1. The maximum Gasteiger partial charge on any atom is 0.372 e. The van der Waals surface area contributed by atoms with E-state index in [4.69, 9.17) is 9.52 Å². The first-order chi connectivity index (χ1) is 10.1. The Bertz CT molecular complexity index is 897. The number of furan rings is 1.